The lowest BCUT2D eigenvalue weighted by atomic mass is 9.49. The van der Waals surface area contributed by atoms with Crippen LogP contribution in [0.4, 0.5) is 5.69 Å². The summed E-state index contributed by atoms with van der Waals surface area (Å²) in [5, 5.41) is 3.14. The van der Waals surface area contributed by atoms with E-state index in [1.54, 1.807) is 0 Å². The van der Waals surface area contributed by atoms with E-state index in [1.165, 1.54) is 38.5 Å². The molecule has 2 aromatic carbocycles. The average molecular weight is 465 g/mol. The number of carbonyl (C=O) groups is 1. The van der Waals surface area contributed by atoms with Crippen LogP contribution in [0.2, 0.25) is 0 Å². The Labute approximate surface area is 184 Å². The second kappa shape index (κ2) is 6.94. The lowest BCUT2D eigenvalue weighted by Crippen LogP contribution is -2.47. The molecule has 4 aliphatic rings. The second-order valence-corrected chi connectivity index (χ2v) is 10.8. The minimum Gasteiger partial charge on any atom is -0.436 e. The molecule has 1 aromatic heterocycles. The standard InChI is InChI=1S/C25H25BrN2O2/c26-19-3-1-2-18(9-19)24-28-21-10-20(4-5-22(21)30-24)27-23(29)14-25-11-15-6-16(12-25)8-17(7-15)13-25/h1-5,9-10,15-17H,6-8,11-14H2,(H,27,29). The number of benzene rings is 2. The summed E-state index contributed by atoms with van der Waals surface area (Å²) in [5.74, 6) is 3.33. The van der Waals surface area contributed by atoms with Crippen molar-refractivity contribution in [3.05, 3.63) is 46.9 Å². The van der Waals surface area contributed by atoms with Crippen molar-refractivity contribution in [1.82, 2.24) is 4.98 Å². The summed E-state index contributed by atoms with van der Waals surface area (Å²) in [6, 6.07) is 13.6. The van der Waals surface area contributed by atoms with E-state index >= 15 is 0 Å². The zero-order valence-electron chi connectivity index (χ0n) is 16.9. The number of oxazole rings is 1. The maximum atomic E-state index is 12.9. The molecule has 4 bridgehead atoms. The maximum Gasteiger partial charge on any atom is 0.227 e. The summed E-state index contributed by atoms with van der Waals surface area (Å²) >= 11 is 3.49. The molecule has 5 heteroatoms. The second-order valence-electron chi connectivity index (χ2n) is 9.85. The van der Waals surface area contributed by atoms with Crippen LogP contribution in [-0.4, -0.2) is 10.9 Å². The molecule has 0 spiro atoms. The predicted molar refractivity (Wildman–Crippen MR) is 121 cm³/mol. The molecule has 0 saturated heterocycles. The van der Waals surface area contributed by atoms with Gasteiger partial charge in [0.15, 0.2) is 5.58 Å². The zero-order chi connectivity index (χ0) is 20.3. The van der Waals surface area contributed by atoms with E-state index in [9.17, 15) is 4.79 Å². The molecular weight excluding hydrogens is 440 g/mol. The first-order chi connectivity index (χ1) is 14.5. The van der Waals surface area contributed by atoms with Crippen LogP contribution in [-0.2, 0) is 4.79 Å². The summed E-state index contributed by atoms with van der Waals surface area (Å²) in [6.45, 7) is 0. The largest absolute Gasteiger partial charge is 0.436 e. The van der Waals surface area contributed by atoms with Crippen molar-refractivity contribution in [3.63, 3.8) is 0 Å². The number of fused-ring (bicyclic) bond motifs is 1. The Morgan fingerprint density at radius 1 is 1.07 bits per heavy atom. The van der Waals surface area contributed by atoms with E-state index in [2.05, 4.69) is 26.2 Å². The van der Waals surface area contributed by atoms with Gasteiger partial charge < -0.3 is 9.73 Å². The molecule has 1 heterocycles. The van der Waals surface area contributed by atoms with Crippen molar-refractivity contribution >= 4 is 38.6 Å². The summed E-state index contributed by atoms with van der Waals surface area (Å²) < 4.78 is 6.90. The van der Waals surface area contributed by atoms with Crippen LogP contribution < -0.4 is 5.32 Å². The number of anilines is 1. The van der Waals surface area contributed by atoms with E-state index in [-0.39, 0.29) is 11.3 Å². The number of nitrogens with zero attached hydrogens (tertiary/aromatic N) is 1. The molecular formula is C25H25BrN2O2. The highest BCUT2D eigenvalue weighted by molar-refractivity contribution is 9.10. The lowest BCUT2D eigenvalue weighted by molar-refractivity contribution is -0.124. The zero-order valence-corrected chi connectivity index (χ0v) is 18.5. The Morgan fingerprint density at radius 3 is 2.50 bits per heavy atom. The van der Waals surface area contributed by atoms with Crippen LogP contribution >= 0.6 is 15.9 Å². The molecule has 0 aliphatic heterocycles. The highest BCUT2D eigenvalue weighted by atomic mass is 79.9. The molecule has 1 amide bonds. The lowest BCUT2D eigenvalue weighted by Gasteiger charge is -2.56. The fraction of sp³-hybridized carbons (Fsp3) is 0.440. The van der Waals surface area contributed by atoms with Gasteiger partial charge in [0.05, 0.1) is 0 Å². The van der Waals surface area contributed by atoms with Crippen LogP contribution in [0.3, 0.4) is 0 Å². The summed E-state index contributed by atoms with van der Waals surface area (Å²) in [4.78, 5) is 17.6. The van der Waals surface area contributed by atoms with E-state index < -0.39 is 0 Å². The third-order valence-corrected chi connectivity index (χ3v) is 7.94. The van der Waals surface area contributed by atoms with Gasteiger partial charge in [-0.2, -0.15) is 0 Å². The first-order valence-electron chi connectivity index (χ1n) is 11.0. The van der Waals surface area contributed by atoms with Crippen molar-refractivity contribution < 1.29 is 9.21 Å². The molecule has 4 saturated carbocycles. The molecule has 154 valence electrons. The first kappa shape index (κ1) is 18.6. The highest BCUT2D eigenvalue weighted by Gasteiger charge is 2.51. The molecule has 0 atom stereocenters. The van der Waals surface area contributed by atoms with Gasteiger partial charge in [0, 0.05) is 22.1 Å². The molecule has 4 aliphatic carbocycles. The molecule has 4 fully saturated rings. The van der Waals surface area contributed by atoms with Crippen molar-refractivity contribution in [1.29, 1.82) is 0 Å². The number of hydrogen-bond donors (Lipinski definition) is 1. The molecule has 4 nitrogen and oxygen atoms in total. The van der Waals surface area contributed by atoms with E-state index in [4.69, 9.17) is 4.42 Å². The summed E-state index contributed by atoms with van der Waals surface area (Å²) in [7, 11) is 0. The van der Waals surface area contributed by atoms with Gasteiger partial charge in [-0.25, -0.2) is 4.98 Å². The predicted octanol–water partition coefficient (Wildman–Crippen LogP) is 6.80. The Hall–Kier alpha value is -2.14. The Kier molecular flexibility index (Phi) is 4.31. The number of carbonyl (C=O) groups excluding carboxylic acids is 1. The topological polar surface area (TPSA) is 55.1 Å². The minimum atomic E-state index is 0.145. The van der Waals surface area contributed by atoms with Gasteiger partial charge in [0.2, 0.25) is 11.8 Å². The third kappa shape index (κ3) is 3.37. The SMILES string of the molecule is O=C(CC12CC3CC(CC(C3)C1)C2)Nc1ccc2oc(-c3cccc(Br)c3)nc2c1. The third-order valence-electron chi connectivity index (χ3n) is 7.44. The van der Waals surface area contributed by atoms with Crippen LogP contribution in [0.5, 0.6) is 0 Å². The van der Waals surface area contributed by atoms with Crippen LogP contribution in [0.1, 0.15) is 44.9 Å². The molecule has 7 rings (SSSR count). The van der Waals surface area contributed by atoms with Crippen molar-refractivity contribution in [2.24, 2.45) is 23.2 Å². The minimum absolute atomic E-state index is 0.145. The van der Waals surface area contributed by atoms with Gasteiger partial charge in [-0.1, -0.05) is 22.0 Å². The summed E-state index contributed by atoms with van der Waals surface area (Å²) in [6.07, 6.45) is 8.65. The monoisotopic (exact) mass is 464 g/mol. The molecule has 1 N–H and O–H groups in total. The fourth-order valence-electron chi connectivity index (χ4n) is 6.80. The number of rotatable bonds is 4. The number of nitrogens with one attached hydrogen (secondary N) is 1. The number of halogens is 1. The van der Waals surface area contributed by atoms with Crippen molar-refractivity contribution in [2.45, 2.75) is 44.9 Å². The number of amides is 1. The quantitative estimate of drug-likeness (QED) is 0.461. The highest BCUT2D eigenvalue weighted by Crippen LogP contribution is 2.61. The van der Waals surface area contributed by atoms with Gasteiger partial charge >= 0.3 is 0 Å². The Morgan fingerprint density at radius 2 is 1.80 bits per heavy atom. The molecule has 0 unspecified atom stereocenters. The van der Waals surface area contributed by atoms with Gasteiger partial charge in [-0.05, 0) is 98.1 Å². The molecule has 0 radical (unpaired) electrons. The molecule has 30 heavy (non-hydrogen) atoms. The van der Waals surface area contributed by atoms with Gasteiger partial charge in [-0.3, -0.25) is 4.79 Å². The van der Waals surface area contributed by atoms with E-state index in [0.29, 0.717) is 12.3 Å². The van der Waals surface area contributed by atoms with E-state index in [1.807, 2.05) is 42.5 Å². The Balaban J connectivity index is 1.19. The number of aromatic nitrogens is 1. The van der Waals surface area contributed by atoms with Crippen molar-refractivity contribution in [3.8, 4) is 11.5 Å². The fourth-order valence-corrected chi connectivity index (χ4v) is 7.20. The first-order valence-corrected chi connectivity index (χ1v) is 11.8. The van der Waals surface area contributed by atoms with Gasteiger partial charge in [0.25, 0.3) is 0 Å². The van der Waals surface area contributed by atoms with E-state index in [0.717, 1.165) is 44.6 Å². The maximum absolute atomic E-state index is 12.9. The average Bonchev–Trinajstić information content (AvgIpc) is 3.10. The van der Waals surface area contributed by atoms with Gasteiger partial charge in [0.1, 0.15) is 5.52 Å². The Bertz CT molecular complexity index is 1100. The van der Waals surface area contributed by atoms with Crippen molar-refractivity contribution in [2.75, 3.05) is 5.32 Å². The molecule has 3 aromatic rings. The number of hydrogen-bond acceptors (Lipinski definition) is 3. The smallest absolute Gasteiger partial charge is 0.227 e. The van der Waals surface area contributed by atoms with Crippen LogP contribution in [0.15, 0.2) is 51.4 Å². The van der Waals surface area contributed by atoms with Crippen LogP contribution in [0, 0.1) is 23.2 Å². The normalized spacial score (nSPS) is 29.4. The summed E-state index contributed by atoms with van der Waals surface area (Å²) in [5.41, 5.74) is 3.46. The van der Waals surface area contributed by atoms with Crippen LogP contribution in [0.25, 0.3) is 22.6 Å². The van der Waals surface area contributed by atoms with Gasteiger partial charge in [-0.15, -0.1) is 0 Å².